The Labute approximate surface area is 133 Å². The van der Waals surface area contributed by atoms with E-state index in [9.17, 15) is 9.59 Å². The Morgan fingerprint density at radius 3 is 2.59 bits per heavy atom. The fourth-order valence-electron chi connectivity index (χ4n) is 1.85. The number of nitrogens with one attached hydrogen (secondary N) is 1. The van der Waals surface area contributed by atoms with E-state index in [1.54, 1.807) is 45.9 Å². The van der Waals surface area contributed by atoms with Gasteiger partial charge < -0.3 is 9.47 Å². The molecule has 6 heteroatoms. The summed E-state index contributed by atoms with van der Waals surface area (Å²) in [6, 6.07) is 7.20. The zero-order chi connectivity index (χ0) is 16.3. The van der Waals surface area contributed by atoms with Gasteiger partial charge in [0.15, 0.2) is 0 Å². The molecule has 1 aromatic heterocycles. The summed E-state index contributed by atoms with van der Waals surface area (Å²) >= 11 is 1.36. The molecule has 0 atom stereocenters. The lowest BCUT2D eigenvalue weighted by atomic mass is 10.2. The van der Waals surface area contributed by atoms with Gasteiger partial charge in [0, 0.05) is 10.4 Å². The van der Waals surface area contributed by atoms with Gasteiger partial charge in [-0.25, -0.2) is 9.59 Å². The van der Waals surface area contributed by atoms with Gasteiger partial charge in [-0.05, 0) is 57.3 Å². The van der Waals surface area contributed by atoms with Crippen LogP contribution in [0.15, 0.2) is 24.3 Å². The molecule has 1 amide bonds. The highest BCUT2D eigenvalue weighted by Gasteiger charge is 2.17. The highest BCUT2D eigenvalue weighted by molar-refractivity contribution is 7.20. The first-order valence-electron chi connectivity index (χ1n) is 6.99. The molecule has 0 saturated carbocycles. The van der Waals surface area contributed by atoms with Crippen LogP contribution in [0.25, 0.3) is 10.1 Å². The van der Waals surface area contributed by atoms with Crippen molar-refractivity contribution in [1.29, 1.82) is 0 Å². The lowest BCUT2D eigenvalue weighted by molar-refractivity contribution is 0.0531. The largest absolute Gasteiger partial charge is 0.462 e. The zero-order valence-electron chi connectivity index (χ0n) is 13.1. The van der Waals surface area contributed by atoms with Crippen molar-refractivity contribution < 1.29 is 19.1 Å². The molecule has 0 bridgehead atoms. The second kappa shape index (κ2) is 6.36. The summed E-state index contributed by atoms with van der Waals surface area (Å²) < 4.78 is 11.2. The number of carbonyl (C=O) groups excluding carboxylic acids is 2. The van der Waals surface area contributed by atoms with Crippen LogP contribution in [-0.2, 0) is 9.47 Å². The molecule has 1 aromatic carbocycles. The van der Waals surface area contributed by atoms with Gasteiger partial charge in [-0.15, -0.1) is 11.3 Å². The molecule has 0 saturated heterocycles. The number of carbonyl (C=O) groups is 2. The molecule has 2 rings (SSSR count). The van der Waals surface area contributed by atoms with Crippen LogP contribution >= 0.6 is 11.3 Å². The molecule has 22 heavy (non-hydrogen) atoms. The van der Waals surface area contributed by atoms with Crippen molar-refractivity contribution in [2.75, 3.05) is 11.9 Å². The predicted octanol–water partition coefficient (Wildman–Crippen LogP) is 4.43. The van der Waals surface area contributed by atoms with Crippen molar-refractivity contribution in [1.82, 2.24) is 0 Å². The zero-order valence-corrected chi connectivity index (χ0v) is 13.9. The molecule has 0 aliphatic rings. The lowest BCUT2D eigenvalue weighted by Crippen LogP contribution is -2.27. The topological polar surface area (TPSA) is 64.6 Å². The first kappa shape index (κ1) is 16.3. The van der Waals surface area contributed by atoms with Crippen LogP contribution in [0.2, 0.25) is 0 Å². The molecule has 0 fully saturated rings. The first-order chi connectivity index (χ1) is 10.3. The van der Waals surface area contributed by atoms with Gasteiger partial charge in [-0.2, -0.15) is 0 Å². The van der Waals surface area contributed by atoms with Crippen molar-refractivity contribution in [3.63, 3.8) is 0 Å². The summed E-state index contributed by atoms with van der Waals surface area (Å²) in [7, 11) is 0. The van der Waals surface area contributed by atoms with Gasteiger partial charge in [0.2, 0.25) is 0 Å². The second-order valence-electron chi connectivity index (χ2n) is 5.71. The summed E-state index contributed by atoms with van der Waals surface area (Å²) in [5.74, 6) is -0.328. The quantitative estimate of drug-likeness (QED) is 0.850. The highest BCUT2D eigenvalue weighted by atomic mass is 32.1. The number of amides is 1. The first-order valence-corrected chi connectivity index (χ1v) is 7.81. The van der Waals surface area contributed by atoms with E-state index in [1.807, 2.05) is 6.07 Å². The number of fused-ring (bicyclic) bond motifs is 1. The minimum absolute atomic E-state index is 0.328. The third-order valence-corrected chi connectivity index (χ3v) is 3.73. The van der Waals surface area contributed by atoms with E-state index in [2.05, 4.69) is 5.32 Å². The van der Waals surface area contributed by atoms with Crippen LogP contribution in [-0.4, -0.2) is 24.3 Å². The van der Waals surface area contributed by atoms with Crippen molar-refractivity contribution >= 4 is 39.2 Å². The van der Waals surface area contributed by atoms with Gasteiger partial charge in [-0.1, -0.05) is 0 Å². The van der Waals surface area contributed by atoms with Gasteiger partial charge in [0.05, 0.1) is 6.61 Å². The molecule has 0 aliphatic carbocycles. The van der Waals surface area contributed by atoms with Crippen LogP contribution in [0.4, 0.5) is 10.5 Å². The molecule has 118 valence electrons. The van der Waals surface area contributed by atoms with E-state index in [1.165, 1.54) is 11.3 Å². The highest BCUT2D eigenvalue weighted by Crippen LogP contribution is 2.28. The van der Waals surface area contributed by atoms with E-state index in [0.717, 1.165) is 10.1 Å². The van der Waals surface area contributed by atoms with Crippen LogP contribution in [0.5, 0.6) is 0 Å². The maximum Gasteiger partial charge on any atom is 0.412 e. The Hall–Kier alpha value is -2.08. The van der Waals surface area contributed by atoms with E-state index >= 15 is 0 Å². The Morgan fingerprint density at radius 2 is 1.95 bits per heavy atom. The molecule has 1 heterocycles. The number of rotatable bonds is 3. The van der Waals surface area contributed by atoms with Gasteiger partial charge in [-0.3, -0.25) is 5.32 Å². The fraction of sp³-hybridized carbons (Fsp3) is 0.375. The van der Waals surface area contributed by atoms with Gasteiger partial charge >= 0.3 is 12.1 Å². The predicted molar refractivity (Wildman–Crippen MR) is 87.6 cm³/mol. The lowest BCUT2D eigenvalue weighted by Gasteiger charge is -2.19. The number of anilines is 1. The molecule has 0 unspecified atom stereocenters. The monoisotopic (exact) mass is 321 g/mol. The van der Waals surface area contributed by atoms with Crippen LogP contribution in [0, 0.1) is 0 Å². The van der Waals surface area contributed by atoms with Crippen LogP contribution in [0.1, 0.15) is 37.4 Å². The maximum atomic E-state index is 11.8. The molecule has 0 spiro atoms. The van der Waals surface area contributed by atoms with Crippen molar-refractivity contribution in [3.05, 3.63) is 29.1 Å². The average molecular weight is 321 g/mol. The summed E-state index contributed by atoms with van der Waals surface area (Å²) in [6.07, 6.45) is -0.507. The minimum Gasteiger partial charge on any atom is -0.462 e. The molecule has 5 nitrogen and oxygen atoms in total. The third kappa shape index (κ3) is 4.21. The van der Waals surface area contributed by atoms with Gasteiger partial charge in [0.25, 0.3) is 0 Å². The summed E-state index contributed by atoms with van der Waals surface area (Å²) in [5.41, 5.74) is 0.0724. The number of hydrogen-bond acceptors (Lipinski definition) is 5. The number of ether oxygens (including phenoxy) is 2. The number of hydrogen-bond donors (Lipinski definition) is 1. The normalized spacial score (nSPS) is 11.3. The molecular formula is C16H19NO4S. The molecule has 1 N–H and O–H groups in total. The van der Waals surface area contributed by atoms with E-state index < -0.39 is 11.7 Å². The number of esters is 1. The van der Waals surface area contributed by atoms with Crippen molar-refractivity contribution in [2.24, 2.45) is 0 Å². The molecule has 0 aliphatic heterocycles. The summed E-state index contributed by atoms with van der Waals surface area (Å²) in [5, 5.41) is 3.56. The molecule has 0 radical (unpaired) electrons. The number of benzene rings is 1. The molecule has 2 aromatic rings. The maximum absolute atomic E-state index is 11.8. The van der Waals surface area contributed by atoms with Gasteiger partial charge in [0.1, 0.15) is 10.5 Å². The van der Waals surface area contributed by atoms with Crippen LogP contribution in [0.3, 0.4) is 0 Å². The second-order valence-corrected chi connectivity index (χ2v) is 6.79. The Bertz CT molecular complexity index is 700. The van der Waals surface area contributed by atoms with Crippen molar-refractivity contribution in [2.45, 2.75) is 33.3 Å². The standard InChI is InChI=1S/C16H19NO4S/c1-5-20-14(18)13-9-10-8-11(6-7-12(10)22-13)17-15(19)21-16(2,3)4/h6-9H,5H2,1-4H3,(H,17,19). The smallest absolute Gasteiger partial charge is 0.412 e. The summed E-state index contributed by atoms with van der Waals surface area (Å²) in [6.45, 7) is 7.54. The summed E-state index contributed by atoms with van der Waals surface area (Å²) in [4.78, 5) is 24.0. The Kier molecular flexibility index (Phi) is 4.71. The van der Waals surface area contributed by atoms with E-state index in [-0.39, 0.29) is 5.97 Å². The fourth-order valence-corrected chi connectivity index (χ4v) is 2.78. The third-order valence-electron chi connectivity index (χ3n) is 2.64. The SMILES string of the molecule is CCOC(=O)c1cc2cc(NC(=O)OC(C)(C)C)ccc2s1. The van der Waals surface area contributed by atoms with E-state index in [0.29, 0.717) is 17.2 Å². The average Bonchev–Trinajstić information content (AvgIpc) is 2.79. The van der Waals surface area contributed by atoms with Crippen molar-refractivity contribution in [3.8, 4) is 0 Å². The van der Waals surface area contributed by atoms with Crippen LogP contribution < -0.4 is 5.32 Å². The minimum atomic E-state index is -0.548. The Morgan fingerprint density at radius 1 is 1.23 bits per heavy atom. The van der Waals surface area contributed by atoms with E-state index in [4.69, 9.17) is 9.47 Å². The Balaban J connectivity index is 2.16. The molecular weight excluding hydrogens is 302 g/mol. The number of thiophene rings is 1.